The minimum absolute atomic E-state index is 0.250. The molecule has 1 aromatic heterocycles. The van der Waals surface area contributed by atoms with E-state index in [2.05, 4.69) is 10.2 Å². The zero-order valence-electron chi connectivity index (χ0n) is 18.4. The van der Waals surface area contributed by atoms with Crippen LogP contribution in [0.1, 0.15) is 24.8 Å². The van der Waals surface area contributed by atoms with E-state index in [9.17, 15) is 4.79 Å². The number of aryl methyl sites for hydroxylation is 1. The van der Waals surface area contributed by atoms with Crippen LogP contribution in [0.4, 0.5) is 4.39 Å². The number of hydrogen-bond acceptors (Lipinski definition) is 4. The van der Waals surface area contributed by atoms with Crippen molar-refractivity contribution in [2.24, 2.45) is 11.8 Å². The molecule has 0 N–H and O–H groups in total. The van der Waals surface area contributed by atoms with Crippen LogP contribution < -0.4 is 4.74 Å². The van der Waals surface area contributed by atoms with E-state index in [4.69, 9.17) is 4.74 Å². The Bertz CT molecular complexity index is 1150. The van der Waals surface area contributed by atoms with Crippen molar-refractivity contribution in [2.45, 2.75) is 32.7 Å². The van der Waals surface area contributed by atoms with Crippen molar-refractivity contribution < 1.29 is 13.9 Å². The molecule has 32 heavy (non-hydrogen) atoms. The van der Waals surface area contributed by atoms with Crippen LogP contribution in [-0.2, 0) is 11.3 Å². The smallest absolute Gasteiger partial charge is 0.225 e. The number of hydrogen-bond donors (Lipinski definition) is 0. The quantitative estimate of drug-likeness (QED) is 0.580. The molecule has 2 heterocycles. The van der Waals surface area contributed by atoms with E-state index in [0.29, 0.717) is 29.8 Å². The maximum Gasteiger partial charge on any atom is 0.225 e. The van der Waals surface area contributed by atoms with Gasteiger partial charge in [0.2, 0.25) is 5.91 Å². The summed E-state index contributed by atoms with van der Waals surface area (Å²) in [5, 5.41) is 8.23. The molecule has 0 radical (unpaired) electrons. The molecule has 2 fully saturated rings. The van der Waals surface area contributed by atoms with Crippen LogP contribution in [0.25, 0.3) is 22.5 Å². The largest absolute Gasteiger partial charge is 0.496 e. The minimum Gasteiger partial charge on any atom is -0.496 e. The number of likely N-dealkylation sites (tertiary alicyclic amines) is 1. The molecule has 6 nitrogen and oxygen atoms in total. The highest BCUT2D eigenvalue weighted by Gasteiger charge is 2.36. The normalized spacial score (nSPS) is 18.2. The maximum absolute atomic E-state index is 15.2. The summed E-state index contributed by atoms with van der Waals surface area (Å²) in [4.78, 5) is 14.3. The second kappa shape index (κ2) is 8.37. The van der Waals surface area contributed by atoms with Gasteiger partial charge >= 0.3 is 0 Å². The number of benzene rings is 2. The number of methoxy groups -OCH3 is 1. The third kappa shape index (κ3) is 3.99. The van der Waals surface area contributed by atoms with E-state index in [1.807, 2.05) is 40.7 Å². The number of halogens is 1. The van der Waals surface area contributed by atoms with Crippen molar-refractivity contribution in [2.75, 3.05) is 20.2 Å². The van der Waals surface area contributed by atoms with Gasteiger partial charge < -0.3 is 14.2 Å². The molecule has 2 aliphatic rings. The van der Waals surface area contributed by atoms with Gasteiger partial charge in [0.15, 0.2) is 5.82 Å². The molecule has 1 aliphatic heterocycles. The molecular weight excluding hydrogens is 407 g/mol. The number of nitrogens with zero attached hydrogens (tertiary/aromatic N) is 4. The Kier molecular flexibility index (Phi) is 5.41. The van der Waals surface area contributed by atoms with Crippen LogP contribution in [-0.4, -0.2) is 45.8 Å². The van der Waals surface area contributed by atoms with Crippen LogP contribution in [0.3, 0.4) is 0 Å². The van der Waals surface area contributed by atoms with Crippen molar-refractivity contribution in [1.29, 1.82) is 0 Å². The summed E-state index contributed by atoms with van der Waals surface area (Å²) < 4.78 is 22.5. The molecule has 1 saturated carbocycles. The van der Waals surface area contributed by atoms with E-state index >= 15 is 4.39 Å². The number of carbonyl (C=O) groups excluding carboxylic acids is 1. The molecular formula is C25H27FN4O2. The Balaban J connectivity index is 1.34. The van der Waals surface area contributed by atoms with Crippen LogP contribution in [0, 0.1) is 24.6 Å². The number of rotatable bonds is 6. The zero-order chi connectivity index (χ0) is 22.2. The molecule has 1 atom stereocenters. The SMILES string of the molecule is COc1cc(-c2ccc(-c3nncn3CC3CCN(C(=O)C4CC4)C3)c(F)c2)ccc1C. The van der Waals surface area contributed by atoms with E-state index in [-0.39, 0.29) is 11.7 Å². The second-order valence-corrected chi connectivity index (χ2v) is 8.90. The molecule has 1 amide bonds. The third-order valence-corrected chi connectivity index (χ3v) is 6.55. The Morgan fingerprint density at radius 2 is 1.94 bits per heavy atom. The van der Waals surface area contributed by atoms with Gasteiger partial charge in [0.05, 0.1) is 12.7 Å². The molecule has 1 saturated heterocycles. The van der Waals surface area contributed by atoms with E-state index < -0.39 is 0 Å². The first kappa shape index (κ1) is 20.7. The Hall–Kier alpha value is -3.22. The highest BCUT2D eigenvalue weighted by atomic mass is 19.1. The predicted octanol–water partition coefficient (Wildman–Crippen LogP) is 4.33. The number of aromatic nitrogens is 3. The lowest BCUT2D eigenvalue weighted by molar-refractivity contribution is -0.131. The standard InChI is InChI=1S/C25H27FN4O2/c1-16-3-4-20(12-23(16)32-2)19-7-8-21(22(26)11-19)24-28-27-15-30(24)14-17-9-10-29(13-17)25(31)18-5-6-18/h3-4,7-8,11-12,15,17-18H,5-6,9-10,13-14H2,1-2H3. The third-order valence-electron chi connectivity index (χ3n) is 6.55. The Labute approximate surface area is 187 Å². The summed E-state index contributed by atoms with van der Waals surface area (Å²) in [6.45, 7) is 4.21. The van der Waals surface area contributed by atoms with Crippen LogP contribution >= 0.6 is 0 Å². The number of ether oxygens (including phenoxy) is 1. The van der Waals surface area contributed by atoms with Crippen molar-refractivity contribution in [3.05, 3.63) is 54.1 Å². The average molecular weight is 435 g/mol. The van der Waals surface area contributed by atoms with Crippen molar-refractivity contribution in [3.8, 4) is 28.3 Å². The molecule has 1 aliphatic carbocycles. The van der Waals surface area contributed by atoms with E-state index in [1.54, 1.807) is 19.5 Å². The summed E-state index contributed by atoms with van der Waals surface area (Å²) in [6, 6.07) is 11.0. The topological polar surface area (TPSA) is 60.3 Å². The van der Waals surface area contributed by atoms with Gasteiger partial charge in [0.1, 0.15) is 17.9 Å². The molecule has 5 rings (SSSR count). The summed E-state index contributed by atoms with van der Waals surface area (Å²) in [6.07, 6.45) is 4.66. The highest BCUT2D eigenvalue weighted by molar-refractivity contribution is 5.81. The van der Waals surface area contributed by atoms with Crippen LogP contribution in [0.15, 0.2) is 42.7 Å². The first-order chi connectivity index (χ1) is 15.5. The highest BCUT2D eigenvalue weighted by Crippen LogP contribution is 2.34. The fraction of sp³-hybridized carbons (Fsp3) is 0.400. The molecule has 166 valence electrons. The predicted molar refractivity (Wildman–Crippen MR) is 120 cm³/mol. The van der Waals surface area contributed by atoms with Crippen LogP contribution in [0.5, 0.6) is 5.75 Å². The molecule has 2 aromatic carbocycles. The lowest BCUT2D eigenvalue weighted by Gasteiger charge is -2.17. The van der Waals surface area contributed by atoms with Gasteiger partial charge in [-0.25, -0.2) is 4.39 Å². The van der Waals surface area contributed by atoms with Crippen molar-refractivity contribution in [1.82, 2.24) is 19.7 Å². The van der Waals surface area contributed by atoms with Gasteiger partial charge in [-0.3, -0.25) is 4.79 Å². The van der Waals surface area contributed by atoms with Crippen molar-refractivity contribution >= 4 is 5.91 Å². The molecule has 0 bridgehead atoms. The first-order valence-corrected chi connectivity index (χ1v) is 11.1. The first-order valence-electron chi connectivity index (χ1n) is 11.1. The van der Waals surface area contributed by atoms with E-state index in [1.165, 1.54) is 6.07 Å². The lowest BCUT2D eigenvalue weighted by Crippen LogP contribution is -2.30. The maximum atomic E-state index is 15.2. The fourth-order valence-electron chi connectivity index (χ4n) is 4.52. The molecule has 7 heteroatoms. The fourth-order valence-corrected chi connectivity index (χ4v) is 4.52. The molecule has 1 unspecified atom stereocenters. The Morgan fingerprint density at radius 3 is 2.69 bits per heavy atom. The number of amides is 1. The lowest BCUT2D eigenvalue weighted by atomic mass is 10.0. The van der Waals surface area contributed by atoms with Gasteiger partial charge in [0, 0.05) is 25.6 Å². The second-order valence-electron chi connectivity index (χ2n) is 8.90. The van der Waals surface area contributed by atoms with Gasteiger partial charge in [-0.05, 0) is 67.0 Å². The Morgan fingerprint density at radius 1 is 1.16 bits per heavy atom. The number of carbonyl (C=O) groups is 1. The summed E-state index contributed by atoms with van der Waals surface area (Å²) in [5.74, 6) is 1.83. The molecule has 0 spiro atoms. The molecule has 3 aromatic rings. The summed E-state index contributed by atoms with van der Waals surface area (Å²) >= 11 is 0. The van der Waals surface area contributed by atoms with Gasteiger partial charge in [0.25, 0.3) is 0 Å². The summed E-state index contributed by atoms with van der Waals surface area (Å²) in [7, 11) is 1.63. The van der Waals surface area contributed by atoms with E-state index in [0.717, 1.165) is 54.8 Å². The minimum atomic E-state index is -0.340. The average Bonchev–Trinajstić information content (AvgIpc) is 3.38. The van der Waals surface area contributed by atoms with Gasteiger partial charge in [-0.15, -0.1) is 10.2 Å². The van der Waals surface area contributed by atoms with Gasteiger partial charge in [-0.2, -0.15) is 0 Å². The zero-order valence-corrected chi connectivity index (χ0v) is 18.4. The monoisotopic (exact) mass is 434 g/mol. The van der Waals surface area contributed by atoms with Crippen molar-refractivity contribution in [3.63, 3.8) is 0 Å². The van der Waals surface area contributed by atoms with Crippen LogP contribution in [0.2, 0.25) is 0 Å². The summed E-state index contributed by atoms with van der Waals surface area (Å²) in [5.41, 5.74) is 3.13. The van der Waals surface area contributed by atoms with Gasteiger partial charge in [-0.1, -0.05) is 18.2 Å².